The van der Waals surface area contributed by atoms with Crippen LogP contribution in [-0.2, 0) is 4.79 Å². The van der Waals surface area contributed by atoms with E-state index in [4.69, 9.17) is 10.2 Å². The van der Waals surface area contributed by atoms with E-state index in [2.05, 4.69) is 21.4 Å². The normalized spacial score (nSPS) is 11.7. The molecule has 0 spiro atoms. The number of rotatable bonds is 9. The Labute approximate surface area is 156 Å². The Hall–Kier alpha value is -3.18. The number of fused-ring (bicyclic) bond motifs is 1. The number of nitrogens with zero attached hydrogens (tertiary/aromatic N) is 2. The second kappa shape index (κ2) is 9.50. The van der Waals surface area contributed by atoms with Crippen molar-refractivity contribution in [2.24, 2.45) is 0 Å². The molecule has 1 aromatic carbocycles. The number of aromatic nitrogens is 2. The van der Waals surface area contributed by atoms with Crippen LogP contribution in [0.5, 0.6) is 0 Å². The highest BCUT2D eigenvalue weighted by molar-refractivity contribution is 5.82. The Balaban J connectivity index is 2.42. The lowest BCUT2D eigenvalue weighted by atomic mass is 10.1. The number of aliphatic hydroxyl groups is 1. The first-order chi connectivity index (χ1) is 13.0. The third-order valence-electron chi connectivity index (χ3n) is 4.00. The van der Waals surface area contributed by atoms with E-state index in [1.165, 1.54) is 0 Å². The Kier molecular flexibility index (Phi) is 7.08. The molecule has 0 saturated heterocycles. The van der Waals surface area contributed by atoms with Crippen LogP contribution in [0.4, 0.5) is 0 Å². The maximum absolute atomic E-state index is 12.4. The summed E-state index contributed by atoms with van der Waals surface area (Å²) in [5.41, 5.74) is 1.78. The lowest BCUT2D eigenvalue weighted by Gasteiger charge is -2.13. The predicted octanol–water partition coefficient (Wildman–Crippen LogP) is 1.69. The minimum Gasteiger partial charge on any atom is -0.481 e. The second-order valence-electron chi connectivity index (χ2n) is 6.15. The first-order valence-electron chi connectivity index (χ1n) is 8.67. The number of nitrogens with one attached hydrogen (secondary N) is 2. The minimum atomic E-state index is -0.894. The van der Waals surface area contributed by atoms with Gasteiger partial charge in [0, 0.05) is 25.3 Å². The van der Waals surface area contributed by atoms with Crippen molar-refractivity contribution in [2.45, 2.75) is 32.6 Å². The fourth-order valence-corrected chi connectivity index (χ4v) is 2.67. The van der Waals surface area contributed by atoms with Crippen LogP contribution in [0.25, 0.3) is 16.5 Å². The number of allylic oxidation sites excluding steroid dienone is 2. The quantitative estimate of drug-likeness (QED) is 0.389. The number of aliphatic hydroxyl groups excluding tert-OH is 1. The number of carboxylic acids is 1. The van der Waals surface area contributed by atoms with Gasteiger partial charge in [0.15, 0.2) is 5.82 Å². The summed E-state index contributed by atoms with van der Waals surface area (Å²) in [6, 6.07) is 7.37. The van der Waals surface area contributed by atoms with Crippen molar-refractivity contribution in [2.75, 3.05) is 13.2 Å². The maximum Gasteiger partial charge on any atom is 0.303 e. The highest BCUT2D eigenvalue weighted by atomic mass is 16.4. The van der Waals surface area contributed by atoms with Crippen molar-refractivity contribution in [3.63, 3.8) is 0 Å². The Morgan fingerprint density at radius 3 is 2.78 bits per heavy atom. The molecule has 0 fully saturated rings. The number of nitriles is 1. The van der Waals surface area contributed by atoms with Crippen molar-refractivity contribution in [3.05, 3.63) is 45.6 Å². The van der Waals surface area contributed by atoms with Crippen LogP contribution >= 0.6 is 0 Å². The molecule has 4 N–H and O–H groups in total. The molecular weight excluding hydrogens is 348 g/mol. The lowest BCUT2D eigenvalue weighted by Crippen LogP contribution is -2.19. The summed E-state index contributed by atoms with van der Waals surface area (Å²) in [6.07, 6.45) is 1.19. The highest BCUT2D eigenvalue weighted by Crippen LogP contribution is 2.18. The van der Waals surface area contributed by atoms with Crippen LogP contribution in [0.3, 0.4) is 0 Å². The number of H-pyrrole nitrogens is 1. The number of aryl methyl sites for hydroxylation is 1. The molecule has 0 saturated carbocycles. The van der Waals surface area contributed by atoms with Gasteiger partial charge in [0.25, 0.3) is 5.56 Å². The number of aliphatic carboxylic acids is 1. The van der Waals surface area contributed by atoms with Crippen molar-refractivity contribution in [1.82, 2.24) is 15.3 Å². The molecular formula is C19H22N4O4. The predicted molar refractivity (Wildman–Crippen MR) is 101 cm³/mol. The average Bonchev–Trinajstić information content (AvgIpc) is 2.63. The van der Waals surface area contributed by atoms with E-state index in [0.717, 1.165) is 5.56 Å². The van der Waals surface area contributed by atoms with E-state index in [0.29, 0.717) is 42.4 Å². The van der Waals surface area contributed by atoms with Crippen LogP contribution < -0.4 is 10.9 Å². The van der Waals surface area contributed by atoms with Crippen LogP contribution in [0.1, 0.15) is 37.1 Å². The monoisotopic (exact) mass is 370 g/mol. The van der Waals surface area contributed by atoms with Gasteiger partial charge >= 0.3 is 5.97 Å². The summed E-state index contributed by atoms with van der Waals surface area (Å²) >= 11 is 0. The molecule has 8 nitrogen and oxygen atoms in total. The van der Waals surface area contributed by atoms with E-state index >= 15 is 0 Å². The fourth-order valence-electron chi connectivity index (χ4n) is 2.67. The number of carbonyl (C=O) groups is 1. The zero-order valence-electron chi connectivity index (χ0n) is 15.1. The van der Waals surface area contributed by atoms with E-state index in [-0.39, 0.29) is 30.0 Å². The summed E-state index contributed by atoms with van der Waals surface area (Å²) in [7, 11) is 0. The van der Waals surface area contributed by atoms with Gasteiger partial charge in [-0.25, -0.2) is 4.98 Å². The molecule has 0 radical (unpaired) electrons. The molecule has 0 unspecified atom stereocenters. The van der Waals surface area contributed by atoms with Gasteiger partial charge in [-0.2, -0.15) is 5.26 Å². The maximum atomic E-state index is 12.4. The Morgan fingerprint density at radius 1 is 1.33 bits per heavy atom. The smallest absolute Gasteiger partial charge is 0.303 e. The zero-order valence-corrected chi connectivity index (χ0v) is 15.1. The number of carboxylic acid groups (broad SMARTS) is 1. The molecule has 2 aromatic rings. The van der Waals surface area contributed by atoms with E-state index in [1.807, 2.05) is 13.0 Å². The van der Waals surface area contributed by atoms with E-state index in [1.54, 1.807) is 12.1 Å². The minimum absolute atomic E-state index is 0.00652. The summed E-state index contributed by atoms with van der Waals surface area (Å²) in [6.45, 7) is 2.18. The average molecular weight is 370 g/mol. The number of benzene rings is 1. The molecule has 27 heavy (non-hydrogen) atoms. The molecule has 0 aliphatic carbocycles. The Morgan fingerprint density at radius 2 is 2.11 bits per heavy atom. The van der Waals surface area contributed by atoms with Crippen LogP contribution in [0.15, 0.2) is 28.7 Å². The molecule has 0 atom stereocenters. The second-order valence-corrected chi connectivity index (χ2v) is 6.15. The van der Waals surface area contributed by atoms with Gasteiger partial charge in [-0.3, -0.25) is 9.59 Å². The molecule has 2 rings (SSSR count). The molecule has 1 heterocycles. The third kappa shape index (κ3) is 5.39. The van der Waals surface area contributed by atoms with Crippen molar-refractivity contribution >= 4 is 22.4 Å². The topological polar surface area (TPSA) is 139 Å². The van der Waals surface area contributed by atoms with Crippen LogP contribution in [0.2, 0.25) is 0 Å². The van der Waals surface area contributed by atoms with Gasteiger partial charge in [-0.1, -0.05) is 11.6 Å². The van der Waals surface area contributed by atoms with E-state index in [9.17, 15) is 14.9 Å². The van der Waals surface area contributed by atoms with E-state index < -0.39 is 5.97 Å². The molecule has 0 bridgehead atoms. The molecule has 8 heteroatoms. The van der Waals surface area contributed by atoms with Gasteiger partial charge in [-0.15, -0.1) is 0 Å². The number of hydrogen-bond acceptors (Lipinski definition) is 6. The lowest BCUT2D eigenvalue weighted by molar-refractivity contribution is -0.137. The fraction of sp³-hybridized carbons (Fsp3) is 0.368. The summed E-state index contributed by atoms with van der Waals surface area (Å²) < 4.78 is 0. The first kappa shape index (κ1) is 20.1. The molecule has 0 aliphatic heterocycles. The van der Waals surface area contributed by atoms with Crippen LogP contribution in [0, 0.1) is 18.3 Å². The van der Waals surface area contributed by atoms with Crippen LogP contribution in [-0.4, -0.2) is 39.3 Å². The number of hydrogen-bond donors (Lipinski definition) is 4. The molecule has 0 aliphatic rings. The van der Waals surface area contributed by atoms with Gasteiger partial charge in [-0.05, 0) is 38.3 Å². The van der Waals surface area contributed by atoms with Crippen molar-refractivity contribution in [3.8, 4) is 6.07 Å². The molecule has 1 aromatic heterocycles. The summed E-state index contributed by atoms with van der Waals surface area (Å²) in [4.78, 5) is 30.1. The van der Waals surface area contributed by atoms with Crippen molar-refractivity contribution in [1.29, 1.82) is 5.26 Å². The Bertz CT molecular complexity index is 956. The van der Waals surface area contributed by atoms with Gasteiger partial charge in [0.05, 0.1) is 10.9 Å². The summed E-state index contributed by atoms with van der Waals surface area (Å²) in [5, 5.41) is 31.0. The summed E-state index contributed by atoms with van der Waals surface area (Å²) in [5.74, 6) is -0.744. The van der Waals surface area contributed by atoms with Gasteiger partial charge in [0.1, 0.15) is 11.6 Å². The standard InChI is InChI=1S/C19H22N4O4/c1-12-6-7-16-13(10-12)19(27)23-18(22-16)14(11-20)15(4-3-9-24)21-8-2-5-17(25)26/h6-7,10,21,24H,2-5,8-9H2,1H3,(H,25,26)(H,22,23,27). The molecule has 142 valence electrons. The third-order valence-corrected chi connectivity index (χ3v) is 4.00. The van der Waals surface area contributed by atoms with Crippen molar-refractivity contribution < 1.29 is 15.0 Å². The zero-order chi connectivity index (χ0) is 19.8. The largest absolute Gasteiger partial charge is 0.481 e. The molecule has 0 amide bonds. The highest BCUT2D eigenvalue weighted by Gasteiger charge is 2.14. The SMILES string of the molecule is Cc1ccc2nc(C(C#N)=C(CCCO)NCCCC(=O)O)[nH]c(=O)c2c1. The number of aromatic amines is 1. The van der Waals surface area contributed by atoms with Gasteiger partial charge < -0.3 is 20.5 Å². The van der Waals surface area contributed by atoms with Gasteiger partial charge in [0.2, 0.25) is 0 Å². The first-order valence-corrected chi connectivity index (χ1v) is 8.67.